The summed E-state index contributed by atoms with van der Waals surface area (Å²) in [6, 6.07) is 42.0. The van der Waals surface area contributed by atoms with E-state index in [9.17, 15) is 9.59 Å². The van der Waals surface area contributed by atoms with Gasteiger partial charge in [-0.3, -0.25) is 9.59 Å². The van der Waals surface area contributed by atoms with Crippen LogP contribution in [0.3, 0.4) is 0 Å². The van der Waals surface area contributed by atoms with Gasteiger partial charge < -0.3 is 24.1 Å². The molecule has 0 spiro atoms. The van der Waals surface area contributed by atoms with E-state index in [1.165, 1.54) is 0 Å². The fraction of sp³-hybridized carbons (Fsp3) is 0.179. The maximum Gasteiger partial charge on any atom is 0.306 e. The first-order valence-electron chi connectivity index (χ1n) is 15.0. The van der Waals surface area contributed by atoms with Crippen LogP contribution in [0.5, 0.6) is 11.5 Å². The molecule has 0 unspecified atom stereocenters. The number of esters is 1. The molecule has 0 atom stereocenters. The monoisotopic (exact) mass is 616 g/mol. The smallest absolute Gasteiger partial charge is 0.306 e. The zero-order chi connectivity index (χ0) is 32.4. The van der Waals surface area contributed by atoms with E-state index in [-0.39, 0.29) is 19.4 Å². The normalized spacial score (nSPS) is 11.1. The molecule has 0 saturated heterocycles. The van der Waals surface area contributed by atoms with Crippen LogP contribution in [0.25, 0.3) is 11.1 Å². The van der Waals surface area contributed by atoms with Gasteiger partial charge in [-0.25, -0.2) is 0 Å². The second-order valence-electron chi connectivity index (χ2n) is 10.7. The van der Waals surface area contributed by atoms with E-state index >= 15 is 0 Å². The average Bonchev–Trinajstić information content (AvgIpc) is 3.11. The second-order valence-corrected chi connectivity index (χ2v) is 10.7. The van der Waals surface area contributed by atoms with Gasteiger partial charge in [0, 0.05) is 0 Å². The molecule has 5 aromatic carbocycles. The molecule has 0 amide bonds. The molecule has 46 heavy (non-hydrogen) atoms. The summed E-state index contributed by atoms with van der Waals surface area (Å²) < 4.78 is 23.2. The van der Waals surface area contributed by atoms with Gasteiger partial charge in [-0.05, 0) is 69.3 Å². The summed E-state index contributed by atoms with van der Waals surface area (Å²) in [7, 11) is 3.30. The van der Waals surface area contributed by atoms with Crippen LogP contribution in [0.1, 0.15) is 40.7 Å². The maximum atomic E-state index is 11.9. The van der Waals surface area contributed by atoms with Crippen molar-refractivity contribution in [2.45, 2.75) is 31.7 Å². The molecule has 0 aliphatic rings. The minimum Gasteiger partial charge on any atom is -0.497 e. The summed E-state index contributed by atoms with van der Waals surface area (Å²) in [5.74, 6) is -0.0408. The van der Waals surface area contributed by atoms with Gasteiger partial charge >= 0.3 is 11.9 Å². The Bertz CT molecular complexity index is 1680. The number of hydrogen-bond acceptors (Lipinski definition) is 6. The summed E-state index contributed by atoms with van der Waals surface area (Å²) >= 11 is 0. The molecule has 1 N–H and O–H groups in total. The SMILES string of the molecule is COc1ccc(C(OCc2ccc(-c3cccc(COC(=O)CCC(=O)O)c3)cc2)(c2ccccc2)c2ccc(OC)cc2)cc1. The van der Waals surface area contributed by atoms with Crippen molar-refractivity contribution in [1.29, 1.82) is 0 Å². The molecule has 0 fully saturated rings. The number of carbonyl (C=O) groups excluding carboxylic acids is 1. The topological polar surface area (TPSA) is 91.3 Å². The quantitative estimate of drug-likeness (QED) is 0.101. The molecule has 0 radical (unpaired) electrons. The average molecular weight is 617 g/mol. The molecule has 0 bridgehead atoms. The number of aliphatic carboxylic acids is 1. The van der Waals surface area contributed by atoms with Gasteiger partial charge in [0.05, 0.1) is 33.7 Å². The maximum absolute atomic E-state index is 11.9. The Hall–Kier alpha value is -5.40. The molecule has 0 aromatic heterocycles. The molecule has 0 saturated carbocycles. The number of ether oxygens (including phenoxy) is 4. The molecule has 5 aromatic rings. The van der Waals surface area contributed by atoms with Gasteiger partial charge in [-0.2, -0.15) is 0 Å². The fourth-order valence-electron chi connectivity index (χ4n) is 5.34. The minimum absolute atomic E-state index is 0.0799. The summed E-state index contributed by atoms with van der Waals surface area (Å²) in [4.78, 5) is 22.6. The number of hydrogen-bond donors (Lipinski definition) is 1. The van der Waals surface area contributed by atoms with Crippen molar-refractivity contribution in [1.82, 2.24) is 0 Å². The predicted octanol–water partition coefficient (Wildman–Crippen LogP) is 7.79. The van der Waals surface area contributed by atoms with Crippen LogP contribution < -0.4 is 9.47 Å². The first-order chi connectivity index (χ1) is 22.4. The van der Waals surface area contributed by atoms with E-state index in [1.54, 1.807) is 14.2 Å². The van der Waals surface area contributed by atoms with E-state index in [0.717, 1.165) is 50.4 Å². The second kappa shape index (κ2) is 15.1. The number of carbonyl (C=O) groups is 2. The van der Waals surface area contributed by atoms with Crippen LogP contribution >= 0.6 is 0 Å². The zero-order valence-electron chi connectivity index (χ0n) is 25.8. The van der Waals surface area contributed by atoms with Gasteiger partial charge in [-0.1, -0.05) is 97.1 Å². The largest absolute Gasteiger partial charge is 0.497 e. The molecule has 5 rings (SSSR count). The summed E-state index contributed by atoms with van der Waals surface area (Å²) in [6.07, 6.45) is -0.400. The van der Waals surface area contributed by atoms with Crippen LogP contribution in [-0.4, -0.2) is 31.3 Å². The van der Waals surface area contributed by atoms with Crippen LogP contribution in [0.2, 0.25) is 0 Å². The van der Waals surface area contributed by atoms with E-state index in [0.29, 0.717) is 6.61 Å². The van der Waals surface area contributed by atoms with Gasteiger partial charge in [0.25, 0.3) is 0 Å². The lowest BCUT2D eigenvalue weighted by molar-refractivity contribution is -0.148. The third-order valence-electron chi connectivity index (χ3n) is 7.79. The Labute approximate surface area is 269 Å². The third kappa shape index (κ3) is 7.62. The Morgan fingerprint density at radius 2 is 1.17 bits per heavy atom. The first kappa shape index (κ1) is 32.0. The van der Waals surface area contributed by atoms with Crippen molar-refractivity contribution in [2.75, 3.05) is 14.2 Å². The van der Waals surface area contributed by atoms with Crippen molar-refractivity contribution in [2.24, 2.45) is 0 Å². The highest BCUT2D eigenvalue weighted by atomic mass is 16.5. The van der Waals surface area contributed by atoms with Crippen molar-refractivity contribution < 1.29 is 33.6 Å². The lowest BCUT2D eigenvalue weighted by Crippen LogP contribution is -2.32. The first-order valence-corrected chi connectivity index (χ1v) is 15.0. The Morgan fingerprint density at radius 1 is 0.587 bits per heavy atom. The Kier molecular flexibility index (Phi) is 10.5. The van der Waals surface area contributed by atoms with E-state index in [4.69, 9.17) is 24.1 Å². The highest BCUT2D eigenvalue weighted by Crippen LogP contribution is 2.42. The van der Waals surface area contributed by atoms with Crippen molar-refractivity contribution in [3.63, 3.8) is 0 Å². The van der Waals surface area contributed by atoms with Gasteiger partial charge in [0.1, 0.15) is 23.7 Å². The molecule has 7 heteroatoms. The molecular formula is C39H36O7. The van der Waals surface area contributed by atoms with Gasteiger partial charge in [-0.15, -0.1) is 0 Å². The fourth-order valence-corrected chi connectivity index (χ4v) is 5.34. The molecule has 0 heterocycles. The lowest BCUT2D eigenvalue weighted by atomic mass is 9.80. The Balaban J connectivity index is 1.40. The zero-order valence-corrected chi connectivity index (χ0v) is 25.8. The molecular weight excluding hydrogens is 580 g/mol. The van der Waals surface area contributed by atoms with E-state index in [2.05, 4.69) is 12.1 Å². The van der Waals surface area contributed by atoms with Crippen LogP contribution in [0, 0.1) is 0 Å². The molecule has 0 aliphatic carbocycles. The van der Waals surface area contributed by atoms with Crippen LogP contribution in [-0.2, 0) is 37.9 Å². The number of benzene rings is 5. The predicted molar refractivity (Wildman–Crippen MR) is 176 cm³/mol. The molecule has 0 aliphatic heterocycles. The highest BCUT2D eigenvalue weighted by molar-refractivity contribution is 5.76. The van der Waals surface area contributed by atoms with Crippen LogP contribution in [0.15, 0.2) is 127 Å². The minimum atomic E-state index is -1.03. The summed E-state index contributed by atoms with van der Waals surface area (Å²) in [5.41, 5.74) is 5.78. The lowest BCUT2D eigenvalue weighted by Gasteiger charge is -2.36. The van der Waals surface area contributed by atoms with Gasteiger partial charge in [0.15, 0.2) is 0 Å². The third-order valence-corrected chi connectivity index (χ3v) is 7.79. The number of rotatable bonds is 14. The number of carboxylic acid groups (broad SMARTS) is 1. The van der Waals surface area contributed by atoms with Crippen molar-refractivity contribution in [3.05, 3.63) is 155 Å². The summed E-state index contributed by atoms with van der Waals surface area (Å²) in [5, 5.41) is 8.77. The van der Waals surface area contributed by atoms with Crippen molar-refractivity contribution in [3.8, 4) is 22.6 Å². The van der Waals surface area contributed by atoms with E-state index < -0.39 is 17.5 Å². The summed E-state index contributed by atoms with van der Waals surface area (Å²) in [6.45, 7) is 0.413. The van der Waals surface area contributed by atoms with E-state index in [1.807, 2.05) is 115 Å². The Morgan fingerprint density at radius 3 is 1.74 bits per heavy atom. The number of carboxylic acids is 1. The highest BCUT2D eigenvalue weighted by Gasteiger charge is 2.38. The van der Waals surface area contributed by atoms with Crippen LogP contribution in [0.4, 0.5) is 0 Å². The standard InChI is InChI=1S/C39H36O7/c1-43-35-19-15-33(16-20-35)39(32-9-4-3-5-10-32,34-17-21-36(44-2)22-18-34)46-27-28-11-13-30(14-12-28)31-8-6-7-29(25-31)26-45-38(42)24-23-37(40)41/h3-22,25H,23-24,26-27H2,1-2H3,(H,40,41). The molecule has 234 valence electrons. The number of methoxy groups -OCH3 is 2. The van der Waals surface area contributed by atoms with Gasteiger partial charge in [0.2, 0.25) is 0 Å². The molecule has 7 nitrogen and oxygen atoms in total. The van der Waals surface area contributed by atoms with Crippen molar-refractivity contribution >= 4 is 11.9 Å².